The molecule has 3 aromatic rings. The van der Waals surface area contributed by atoms with Gasteiger partial charge in [0.15, 0.2) is 0 Å². The lowest BCUT2D eigenvalue weighted by Gasteiger charge is -2.16. The molecule has 29 heavy (non-hydrogen) atoms. The standard InChI is InChI=1S/C21H23N5OS2/c27-20(22-17-10-11-26(14-17)13-16-5-2-1-3-6-16)15-29-21-23-19(24-25-21)9-8-18-7-4-12-28-18/h1-9,12,17H,10-11,13-15H2,(H,22,27)(H,23,24,25)/b9-8+. The van der Waals surface area contributed by atoms with Crippen LogP contribution < -0.4 is 5.32 Å². The lowest BCUT2D eigenvalue weighted by Crippen LogP contribution is -2.38. The number of nitrogens with one attached hydrogen (secondary N) is 2. The molecule has 0 saturated carbocycles. The average molecular weight is 426 g/mol. The number of aromatic amines is 1. The van der Waals surface area contributed by atoms with Crippen LogP contribution in [0.4, 0.5) is 0 Å². The number of aromatic nitrogens is 3. The Morgan fingerprint density at radius 2 is 2.17 bits per heavy atom. The van der Waals surface area contributed by atoms with E-state index in [9.17, 15) is 4.79 Å². The summed E-state index contributed by atoms with van der Waals surface area (Å²) >= 11 is 3.02. The average Bonchev–Trinajstić information content (AvgIpc) is 3.48. The lowest BCUT2D eigenvalue weighted by molar-refractivity contribution is -0.119. The summed E-state index contributed by atoms with van der Waals surface area (Å²) < 4.78 is 0. The van der Waals surface area contributed by atoms with Crippen LogP contribution in [-0.4, -0.2) is 50.9 Å². The summed E-state index contributed by atoms with van der Waals surface area (Å²) in [6.45, 7) is 2.83. The van der Waals surface area contributed by atoms with E-state index in [1.54, 1.807) is 11.3 Å². The fourth-order valence-corrected chi connectivity index (χ4v) is 4.51. The number of carbonyl (C=O) groups is 1. The maximum Gasteiger partial charge on any atom is 0.230 e. The van der Waals surface area contributed by atoms with Crippen molar-refractivity contribution in [1.29, 1.82) is 0 Å². The SMILES string of the molecule is O=C(CSc1n[nH]c(/C=C/c2cccs2)n1)NC1CCN(Cc2ccccc2)C1. The molecule has 1 aliphatic heterocycles. The third-order valence-electron chi connectivity index (χ3n) is 4.65. The zero-order chi connectivity index (χ0) is 19.9. The predicted octanol–water partition coefficient (Wildman–Crippen LogP) is 3.52. The Balaban J connectivity index is 1.19. The molecule has 0 aliphatic carbocycles. The summed E-state index contributed by atoms with van der Waals surface area (Å²) in [5.41, 5.74) is 1.31. The molecule has 2 aromatic heterocycles. The quantitative estimate of drug-likeness (QED) is 0.540. The fraction of sp³-hybridized carbons (Fsp3) is 0.286. The minimum atomic E-state index is 0.0297. The van der Waals surface area contributed by atoms with E-state index in [1.165, 1.54) is 17.3 Å². The third-order valence-corrected chi connectivity index (χ3v) is 6.33. The first-order valence-corrected chi connectivity index (χ1v) is 11.4. The first-order valence-electron chi connectivity index (χ1n) is 9.57. The molecule has 1 aliphatic rings. The van der Waals surface area contributed by atoms with Gasteiger partial charge in [0.2, 0.25) is 11.1 Å². The van der Waals surface area contributed by atoms with Crippen molar-refractivity contribution in [3.63, 3.8) is 0 Å². The maximum atomic E-state index is 12.3. The van der Waals surface area contributed by atoms with Gasteiger partial charge in [-0.1, -0.05) is 48.2 Å². The second-order valence-corrected chi connectivity index (χ2v) is 8.84. The van der Waals surface area contributed by atoms with Crippen LogP contribution in [0.15, 0.2) is 53.0 Å². The number of H-pyrrole nitrogens is 1. The van der Waals surface area contributed by atoms with E-state index in [2.05, 4.69) is 49.7 Å². The molecular formula is C21H23N5OS2. The third kappa shape index (κ3) is 6.03. The van der Waals surface area contributed by atoms with Gasteiger partial charge in [0, 0.05) is 30.6 Å². The minimum absolute atomic E-state index is 0.0297. The van der Waals surface area contributed by atoms with Gasteiger partial charge in [-0.05, 0) is 35.6 Å². The first kappa shape index (κ1) is 19.9. The van der Waals surface area contributed by atoms with Gasteiger partial charge >= 0.3 is 0 Å². The van der Waals surface area contributed by atoms with Crippen molar-refractivity contribution >= 4 is 41.2 Å². The first-order chi connectivity index (χ1) is 14.2. The summed E-state index contributed by atoms with van der Waals surface area (Å²) in [6, 6.07) is 14.7. The number of nitrogens with zero attached hydrogens (tertiary/aromatic N) is 3. The zero-order valence-corrected chi connectivity index (χ0v) is 17.6. The molecule has 4 rings (SSSR count). The van der Waals surface area contributed by atoms with Gasteiger partial charge in [-0.25, -0.2) is 4.98 Å². The van der Waals surface area contributed by atoms with Crippen LogP contribution in [0, 0.1) is 0 Å². The lowest BCUT2D eigenvalue weighted by atomic mass is 10.2. The Morgan fingerprint density at radius 3 is 3.00 bits per heavy atom. The van der Waals surface area contributed by atoms with E-state index in [1.807, 2.05) is 35.7 Å². The molecule has 1 saturated heterocycles. The Kier molecular flexibility index (Phi) is 6.76. The van der Waals surface area contributed by atoms with Gasteiger partial charge in [-0.15, -0.1) is 16.4 Å². The molecule has 1 atom stereocenters. The van der Waals surface area contributed by atoms with E-state index >= 15 is 0 Å². The molecule has 150 valence electrons. The van der Waals surface area contributed by atoms with Crippen LogP contribution in [0.3, 0.4) is 0 Å². The number of thiophene rings is 1. The Morgan fingerprint density at radius 1 is 1.28 bits per heavy atom. The maximum absolute atomic E-state index is 12.3. The monoisotopic (exact) mass is 425 g/mol. The van der Waals surface area contributed by atoms with Crippen molar-refractivity contribution in [1.82, 2.24) is 25.4 Å². The van der Waals surface area contributed by atoms with Gasteiger partial charge in [-0.2, -0.15) is 0 Å². The summed E-state index contributed by atoms with van der Waals surface area (Å²) in [7, 11) is 0. The van der Waals surface area contributed by atoms with E-state index < -0.39 is 0 Å². The van der Waals surface area contributed by atoms with E-state index in [0.717, 1.165) is 30.9 Å². The van der Waals surface area contributed by atoms with Gasteiger partial charge in [0.1, 0.15) is 5.82 Å². The summed E-state index contributed by atoms with van der Waals surface area (Å²) in [5.74, 6) is 1.04. The highest BCUT2D eigenvalue weighted by atomic mass is 32.2. The van der Waals surface area contributed by atoms with Crippen LogP contribution in [0.5, 0.6) is 0 Å². The molecule has 3 heterocycles. The van der Waals surface area contributed by atoms with Crippen molar-refractivity contribution in [3.8, 4) is 0 Å². The predicted molar refractivity (Wildman–Crippen MR) is 119 cm³/mol. The topological polar surface area (TPSA) is 73.9 Å². The molecule has 6 nitrogen and oxygen atoms in total. The molecule has 1 unspecified atom stereocenters. The Labute approximate surface area is 178 Å². The van der Waals surface area contributed by atoms with Gasteiger partial charge in [-0.3, -0.25) is 14.8 Å². The number of hydrogen-bond acceptors (Lipinski definition) is 6. The molecule has 0 bridgehead atoms. The minimum Gasteiger partial charge on any atom is -0.351 e. The van der Waals surface area contributed by atoms with Crippen LogP contribution in [-0.2, 0) is 11.3 Å². The van der Waals surface area contributed by atoms with Crippen LogP contribution in [0.2, 0.25) is 0 Å². The molecule has 0 spiro atoms. The molecule has 1 aromatic carbocycles. The van der Waals surface area contributed by atoms with Crippen molar-refractivity contribution in [2.75, 3.05) is 18.8 Å². The van der Waals surface area contributed by atoms with Gasteiger partial charge in [0.05, 0.1) is 5.75 Å². The molecule has 1 amide bonds. The zero-order valence-electron chi connectivity index (χ0n) is 16.0. The van der Waals surface area contributed by atoms with Crippen molar-refractivity contribution in [2.24, 2.45) is 0 Å². The van der Waals surface area contributed by atoms with E-state index in [0.29, 0.717) is 16.7 Å². The second kappa shape index (κ2) is 9.87. The largest absolute Gasteiger partial charge is 0.351 e. The summed E-state index contributed by atoms with van der Waals surface area (Å²) in [4.78, 5) is 20.2. The number of benzene rings is 1. The van der Waals surface area contributed by atoms with Crippen LogP contribution in [0.1, 0.15) is 22.7 Å². The fourth-order valence-electron chi connectivity index (χ4n) is 3.28. The van der Waals surface area contributed by atoms with Crippen molar-refractivity contribution in [3.05, 3.63) is 64.1 Å². The molecule has 0 radical (unpaired) electrons. The number of rotatable bonds is 8. The van der Waals surface area contributed by atoms with Crippen molar-refractivity contribution < 1.29 is 4.79 Å². The Bertz CT molecular complexity index is 939. The smallest absolute Gasteiger partial charge is 0.230 e. The second-order valence-electron chi connectivity index (χ2n) is 6.91. The summed E-state index contributed by atoms with van der Waals surface area (Å²) in [5, 5.41) is 12.8. The van der Waals surface area contributed by atoms with Crippen molar-refractivity contribution in [2.45, 2.75) is 24.2 Å². The normalized spacial score (nSPS) is 17.2. The van der Waals surface area contributed by atoms with Crippen LogP contribution in [0.25, 0.3) is 12.2 Å². The molecule has 2 N–H and O–H groups in total. The van der Waals surface area contributed by atoms with Gasteiger partial charge < -0.3 is 5.32 Å². The van der Waals surface area contributed by atoms with Gasteiger partial charge in [0.25, 0.3) is 0 Å². The number of hydrogen-bond donors (Lipinski definition) is 2. The summed E-state index contributed by atoms with van der Waals surface area (Å²) in [6.07, 6.45) is 4.87. The Hall–Kier alpha value is -2.42. The number of likely N-dealkylation sites (tertiary alicyclic amines) is 1. The molecule has 1 fully saturated rings. The molecular weight excluding hydrogens is 402 g/mol. The van der Waals surface area contributed by atoms with E-state index in [4.69, 9.17) is 0 Å². The number of carbonyl (C=O) groups excluding carboxylic acids is 1. The van der Waals surface area contributed by atoms with E-state index in [-0.39, 0.29) is 11.9 Å². The number of thioether (sulfide) groups is 1. The number of amides is 1. The molecule has 8 heteroatoms. The van der Waals surface area contributed by atoms with Crippen LogP contribution >= 0.6 is 23.1 Å². The highest BCUT2D eigenvalue weighted by Crippen LogP contribution is 2.16. The highest BCUT2D eigenvalue weighted by molar-refractivity contribution is 7.99. The highest BCUT2D eigenvalue weighted by Gasteiger charge is 2.23.